The molecule has 0 atom stereocenters. The van der Waals surface area contributed by atoms with Crippen LogP contribution >= 0.6 is 0 Å². The van der Waals surface area contributed by atoms with Crippen LogP contribution in [0.15, 0.2) is 21.2 Å². The van der Waals surface area contributed by atoms with Crippen molar-refractivity contribution in [3.63, 3.8) is 0 Å². The molecule has 0 unspecified atom stereocenters. The number of hydrogen-bond donors (Lipinski definition) is 1. The Balaban J connectivity index is 2.10. The Hall–Kier alpha value is -2.11. The van der Waals surface area contributed by atoms with Gasteiger partial charge in [0.1, 0.15) is 5.76 Å². The summed E-state index contributed by atoms with van der Waals surface area (Å²) in [6.45, 7) is 3.47. The van der Waals surface area contributed by atoms with Crippen LogP contribution in [-0.4, -0.2) is 16.2 Å². The molecular weight excluding hydrogens is 198 g/mol. The third kappa shape index (κ3) is 2.04. The molecule has 0 aliphatic heterocycles. The minimum atomic E-state index is -0.399. The lowest BCUT2D eigenvalue weighted by atomic mass is 10.3. The number of hydrogen-bond acceptors (Lipinski definition) is 5. The maximum Gasteiger partial charge on any atom is 0.295 e. The van der Waals surface area contributed by atoms with Crippen molar-refractivity contribution in [3.05, 3.63) is 29.3 Å². The van der Waals surface area contributed by atoms with Crippen LogP contribution in [0.2, 0.25) is 0 Å². The predicted octanol–water partition coefficient (Wildman–Crippen LogP) is 1.53. The van der Waals surface area contributed by atoms with E-state index in [1.807, 2.05) is 0 Å². The van der Waals surface area contributed by atoms with Crippen LogP contribution in [-0.2, 0) is 0 Å². The number of rotatable bonds is 2. The van der Waals surface area contributed by atoms with Gasteiger partial charge in [-0.05, 0) is 13.8 Å². The van der Waals surface area contributed by atoms with Crippen molar-refractivity contribution in [1.82, 2.24) is 10.3 Å². The monoisotopic (exact) mass is 207 g/mol. The van der Waals surface area contributed by atoms with Crippen molar-refractivity contribution in [1.29, 1.82) is 0 Å². The molecule has 1 amide bonds. The number of carbonyl (C=O) groups is 1. The average Bonchev–Trinajstić information content (AvgIpc) is 2.75. The van der Waals surface area contributed by atoms with Crippen molar-refractivity contribution in [2.24, 2.45) is 0 Å². The second kappa shape index (κ2) is 3.56. The molecule has 0 bridgehead atoms. The second-order valence-electron chi connectivity index (χ2n) is 3.11. The van der Waals surface area contributed by atoms with Crippen LogP contribution in [0.25, 0.3) is 0 Å². The highest BCUT2D eigenvalue weighted by atomic mass is 16.5. The summed E-state index contributed by atoms with van der Waals surface area (Å²) >= 11 is 0. The third-order valence-corrected chi connectivity index (χ3v) is 1.72. The molecule has 1 N–H and O–H groups in total. The van der Waals surface area contributed by atoms with E-state index in [4.69, 9.17) is 9.05 Å². The van der Waals surface area contributed by atoms with Crippen LogP contribution in [0, 0.1) is 13.8 Å². The van der Waals surface area contributed by atoms with Gasteiger partial charge in [-0.15, -0.1) is 0 Å². The number of carbonyl (C=O) groups excluding carboxylic acids is 1. The van der Waals surface area contributed by atoms with E-state index >= 15 is 0 Å². The quantitative estimate of drug-likeness (QED) is 0.807. The van der Waals surface area contributed by atoms with Gasteiger partial charge in [0.2, 0.25) is 5.76 Å². The molecule has 0 fully saturated rings. The van der Waals surface area contributed by atoms with Crippen molar-refractivity contribution in [2.45, 2.75) is 13.8 Å². The highest BCUT2D eigenvalue weighted by Crippen LogP contribution is 2.10. The summed E-state index contributed by atoms with van der Waals surface area (Å²) in [7, 11) is 0. The minimum Gasteiger partial charge on any atom is -0.360 e. The molecule has 0 aromatic carbocycles. The second-order valence-corrected chi connectivity index (χ2v) is 3.11. The molecule has 2 heterocycles. The van der Waals surface area contributed by atoms with Crippen LogP contribution in [0.5, 0.6) is 0 Å². The summed E-state index contributed by atoms with van der Waals surface area (Å²) in [5.74, 6) is 0.725. The van der Waals surface area contributed by atoms with E-state index in [1.165, 1.54) is 0 Å². The number of nitrogens with zero attached hydrogens (tertiary/aromatic N) is 2. The van der Waals surface area contributed by atoms with E-state index < -0.39 is 5.91 Å². The molecular formula is C9H9N3O3. The molecule has 6 nitrogen and oxygen atoms in total. The predicted molar refractivity (Wildman–Crippen MR) is 50.4 cm³/mol. The Morgan fingerprint density at radius 1 is 1.27 bits per heavy atom. The lowest BCUT2D eigenvalue weighted by Crippen LogP contribution is -2.10. The largest absolute Gasteiger partial charge is 0.360 e. The standard InChI is InChI=1S/C9H9N3O3/c1-5-3-7(15-11-5)9(13)10-8-4-6(2)14-12-8/h3-4H,1-2H3,(H,10,12,13). The van der Waals surface area contributed by atoms with Crippen molar-refractivity contribution >= 4 is 11.7 Å². The lowest BCUT2D eigenvalue weighted by molar-refractivity contribution is 0.0987. The summed E-state index contributed by atoms with van der Waals surface area (Å²) in [4.78, 5) is 11.5. The number of aromatic nitrogens is 2. The Labute approximate surface area is 85.2 Å². The third-order valence-electron chi connectivity index (χ3n) is 1.72. The number of aryl methyl sites for hydroxylation is 2. The molecule has 0 aliphatic carbocycles. The minimum absolute atomic E-state index is 0.146. The smallest absolute Gasteiger partial charge is 0.295 e. The summed E-state index contributed by atoms with van der Waals surface area (Å²) in [5.41, 5.74) is 0.650. The van der Waals surface area contributed by atoms with E-state index in [9.17, 15) is 4.79 Å². The molecule has 0 radical (unpaired) electrons. The number of nitrogens with one attached hydrogen (secondary N) is 1. The van der Waals surface area contributed by atoms with Gasteiger partial charge in [-0.25, -0.2) is 0 Å². The van der Waals surface area contributed by atoms with Crippen molar-refractivity contribution in [2.75, 3.05) is 5.32 Å². The lowest BCUT2D eigenvalue weighted by Gasteiger charge is -1.94. The van der Waals surface area contributed by atoms with Gasteiger partial charge in [0.25, 0.3) is 5.91 Å². The first-order chi connectivity index (χ1) is 7.15. The zero-order valence-corrected chi connectivity index (χ0v) is 8.27. The van der Waals surface area contributed by atoms with E-state index in [2.05, 4.69) is 15.6 Å². The van der Waals surface area contributed by atoms with Gasteiger partial charge >= 0.3 is 0 Å². The molecule has 0 saturated carbocycles. The van der Waals surface area contributed by atoms with Gasteiger partial charge in [0.05, 0.1) is 5.69 Å². The van der Waals surface area contributed by atoms with E-state index in [0.29, 0.717) is 17.3 Å². The number of amides is 1. The summed E-state index contributed by atoms with van der Waals surface area (Å²) < 4.78 is 9.58. The maximum atomic E-state index is 11.5. The first-order valence-corrected chi connectivity index (χ1v) is 4.33. The molecule has 2 aromatic rings. The Bertz CT molecular complexity index is 486. The summed E-state index contributed by atoms with van der Waals surface area (Å²) in [5, 5.41) is 9.74. The fourth-order valence-electron chi connectivity index (χ4n) is 1.07. The molecule has 0 saturated heterocycles. The zero-order chi connectivity index (χ0) is 10.8. The summed E-state index contributed by atoms with van der Waals surface area (Å²) in [6.07, 6.45) is 0. The fraction of sp³-hybridized carbons (Fsp3) is 0.222. The van der Waals surface area contributed by atoms with E-state index in [-0.39, 0.29) is 5.76 Å². The topological polar surface area (TPSA) is 81.2 Å². The summed E-state index contributed by atoms with van der Waals surface area (Å²) in [6, 6.07) is 3.16. The van der Waals surface area contributed by atoms with Gasteiger partial charge in [-0.1, -0.05) is 10.3 Å². The molecule has 2 aromatic heterocycles. The molecule has 2 rings (SSSR count). The maximum absolute atomic E-state index is 11.5. The Morgan fingerprint density at radius 2 is 2.07 bits per heavy atom. The molecule has 15 heavy (non-hydrogen) atoms. The first-order valence-electron chi connectivity index (χ1n) is 4.33. The van der Waals surface area contributed by atoms with E-state index in [0.717, 1.165) is 0 Å². The van der Waals surface area contributed by atoms with E-state index in [1.54, 1.807) is 26.0 Å². The average molecular weight is 207 g/mol. The number of anilines is 1. The van der Waals surface area contributed by atoms with Crippen molar-refractivity contribution in [3.8, 4) is 0 Å². The zero-order valence-electron chi connectivity index (χ0n) is 8.27. The Kier molecular flexibility index (Phi) is 2.24. The SMILES string of the molecule is Cc1cc(C(=O)Nc2cc(C)on2)on1. The van der Waals surface area contributed by atoms with Gasteiger partial charge < -0.3 is 14.4 Å². The van der Waals surface area contributed by atoms with Crippen LogP contribution in [0.1, 0.15) is 22.0 Å². The normalized spacial score (nSPS) is 10.3. The molecule has 0 spiro atoms. The van der Waals surface area contributed by atoms with Gasteiger partial charge in [-0.3, -0.25) is 4.79 Å². The fourth-order valence-corrected chi connectivity index (χ4v) is 1.07. The van der Waals surface area contributed by atoms with Gasteiger partial charge in [-0.2, -0.15) is 0 Å². The molecule has 6 heteroatoms. The van der Waals surface area contributed by atoms with Crippen LogP contribution in [0.4, 0.5) is 5.82 Å². The molecule has 78 valence electrons. The highest BCUT2D eigenvalue weighted by Gasteiger charge is 2.13. The van der Waals surface area contributed by atoms with Gasteiger partial charge in [0, 0.05) is 12.1 Å². The highest BCUT2D eigenvalue weighted by molar-refractivity contribution is 6.01. The van der Waals surface area contributed by atoms with Crippen LogP contribution < -0.4 is 5.32 Å². The first kappa shape index (κ1) is 9.45. The molecule has 0 aliphatic rings. The van der Waals surface area contributed by atoms with Gasteiger partial charge in [0.15, 0.2) is 5.82 Å². The Morgan fingerprint density at radius 3 is 2.60 bits per heavy atom. The van der Waals surface area contributed by atoms with Crippen molar-refractivity contribution < 1.29 is 13.8 Å². The van der Waals surface area contributed by atoms with Crippen LogP contribution in [0.3, 0.4) is 0 Å².